The first kappa shape index (κ1) is 18.3. The molecule has 0 N–H and O–H groups in total. The molecule has 140 valence electrons. The van der Waals surface area contributed by atoms with Crippen LogP contribution in [0.25, 0.3) is 22.2 Å². The SMILES string of the molecule is COc1ccc(OC)c(-c2nc3ccc(Br)cc3cc2Oc2ccccc2)c1. The number of methoxy groups -OCH3 is 2. The molecule has 4 nitrogen and oxygen atoms in total. The lowest BCUT2D eigenvalue weighted by atomic mass is 10.1. The highest BCUT2D eigenvalue weighted by atomic mass is 79.9. The summed E-state index contributed by atoms with van der Waals surface area (Å²) in [6, 6.07) is 23.3. The number of ether oxygens (including phenoxy) is 3. The number of halogens is 1. The number of para-hydroxylation sites is 1. The van der Waals surface area contributed by atoms with Crippen molar-refractivity contribution in [2.45, 2.75) is 0 Å². The molecule has 1 heterocycles. The molecule has 0 amide bonds. The van der Waals surface area contributed by atoms with Gasteiger partial charge in [-0.1, -0.05) is 34.1 Å². The Hall–Kier alpha value is -3.05. The van der Waals surface area contributed by atoms with Crippen LogP contribution in [0.5, 0.6) is 23.0 Å². The third-order valence-corrected chi connectivity index (χ3v) is 4.87. The van der Waals surface area contributed by atoms with Crippen LogP contribution >= 0.6 is 15.9 Å². The number of pyridine rings is 1. The second-order valence-electron chi connectivity index (χ2n) is 6.15. The molecule has 3 aromatic carbocycles. The Labute approximate surface area is 171 Å². The van der Waals surface area contributed by atoms with Gasteiger partial charge in [-0.25, -0.2) is 4.98 Å². The zero-order valence-electron chi connectivity index (χ0n) is 15.5. The predicted octanol–water partition coefficient (Wildman–Crippen LogP) is 6.47. The largest absolute Gasteiger partial charge is 0.497 e. The Morgan fingerprint density at radius 1 is 0.750 bits per heavy atom. The number of benzene rings is 3. The van der Waals surface area contributed by atoms with Crippen molar-refractivity contribution in [3.05, 3.63) is 77.3 Å². The highest BCUT2D eigenvalue weighted by Crippen LogP contribution is 2.40. The van der Waals surface area contributed by atoms with E-state index in [0.717, 1.165) is 32.4 Å². The molecule has 0 bridgehead atoms. The van der Waals surface area contributed by atoms with Gasteiger partial charge in [0.15, 0.2) is 5.75 Å². The fourth-order valence-corrected chi connectivity index (χ4v) is 3.39. The van der Waals surface area contributed by atoms with Gasteiger partial charge in [-0.05, 0) is 54.6 Å². The summed E-state index contributed by atoms with van der Waals surface area (Å²) >= 11 is 3.52. The van der Waals surface area contributed by atoms with Crippen LogP contribution in [0.3, 0.4) is 0 Å². The van der Waals surface area contributed by atoms with Gasteiger partial charge < -0.3 is 14.2 Å². The first-order chi connectivity index (χ1) is 13.7. The summed E-state index contributed by atoms with van der Waals surface area (Å²) in [7, 11) is 3.28. The minimum Gasteiger partial charge on any atom is -0.497 e. The Bertz CT molecular complexity index is 1130. The van der Waals surface area contributed by atoms with Gasteiger partial charge in [-0.15, -0.1) is 0 Å². The molecule has 0 aliphatic heterocycles. The fourth-order valence-electron chi connectivity index (χ4n) is 3.01. The highest BCUT2D eigenvalue weighted by molar-refractivity contribution is 9.10. The molecule has 0 radical (unpaired) electrons. The Kier molecular flexibility index (Phi) is 5.17. The lowest BCUT2D eigenvalue weighted by molar-refractivity contribution is 0.404. The van der Waals surface area contributed by atoms with E-state index in [2.05, 4.69) is 15.9 Å². The number of nitrogens with zero attached hydrogens (tertiary/aromatic N) is 1. The van der Waals surface area contributed by atoms with Crippen LogP contribution in [-0.2, 0) is 0 Å². The van der Waals surface area contributed by atoms with E-state index < -0.39 is 0 Å². The molecule has 0 spiro atoms. The second kappa shape index (κ2) is 7.90. The van der Waals surface area contributed by atoms with Crippen molar-refractivity contribution in [2.75, 3.05) is 14.2 Å². The summed E-state index contributed by atoms with van der Waals surface area (Å²) in [6.07, 6.45) is 0. The molecule has 0 fully saturated rings. The van der Waals surface area contributed by atoms with Gasteiger partial charge in [0.05, 0.1) is 19.7 Å². The third kappa shape index (κ3) is 3.66. The normalized spacial score (nSPS) is 10.7. The van der Waals surface area contributed by atoms with Crippen molar-refractivity contribution in [3.8, 4) is 34.3 Å². The lowest BCUT2D eigenvalue weighted by Gasteiger charge is -2.15. The van der Waals surface area contributed by atoms with Crippen molar-refractivity contribution in [1.29, 1.82) is 0 Å². The van der Waals surface area contributed by atoms with Gasteiger partial charge in [0.2, 0.25) is 0 Å². The van der Waals surface area contributed by atoms with Crippen LogP contribution in [0, 0.1) is 0 Å². The first-order valence-corrected chi connectivity index (χ1v) is 9.53. The zero-order chi connectivity index (χ0) is 19.5. The molecule has 0 aliphatic carbocycles. The number of fused-ring (bicyclic) bond motifs is 1. The molecule has 4 aromatic rings. The van der Waals surface area contributed by atoms with E-state index in [1.165, 1.54) is 0 Å². The van der Waals surface area contributed by atoms with Gasteiger partial charge in [-0.2, -0.15) is 0 Å². The average Bonchev–Trinajstić information content (AvgIpc) is 2.73. The maximum absolute atomic E-state index is 6.21. The molecule has 0 aliphatic rings. The van der Waals surface area contributed by atoms with Crippen LogP contribution < -0.4 is 14.2 Å². The van der Waals surface area contributed by atoms with E-state index >= 15 is 0 Å². The van der Waals surface area contributed by atoms with E-state index in [0.29, 0.717) is 17.2 Å². The standard InChI is InChI=1S/C23H18BrNO3/c1-26-18-9-11-21(27-2)19(14-18)23-22(28-17-6-4-3-5-7-17)13-15-12-16(24)8-10-20(15)25-23/h3-14H,1-2H3. The van der Waals surface area contributed by atoms with Gasteiger partial charge >= 0.3 is 0 Å². The highest BCUT2D eigenvalue weighted by Gasteiger charge is 2.17. The molecule has 0 saturated heterocycles. The minimum absolute atomic E-state index is 0.642. The number of rotatable bonds is 5. The fraction of sp³-hybridized carbons (Fsp3) is 0.0870. The van der Waals surface area contributed by atoms with E-state index in [4.69, 9.17) is 19.2 Å². The van der Waals surface area contributed by atoms with Gasteiger partial charge in [-0.3, -0.25) is 0 Å². The average molecular weight is 436 g/mol. The van der Waals surface area contributed by atoms with Crippen molar-refractivity contribution in [2.24, 2.45) is 0 Å². The van der Waals surface area contributed by atoms with Crippen LogP contribution in [0.15, 0.2) is 77.3 Å². The summed E-state index contributed by atoms with van der Waals surface area (Å²) in [5, 5.41) is 0.978. The molecule has 0 saturated carbocycles. The van der Waals surface area contributed by atoms with Gasteiger partial charge in [0.25, 0.3) is 0 Å². The maximum Gasteiger partial charge on any atom is 0.154 e. The van der Waals surface area contributed by atoms with E-state index in [1.54, 1.807) is 14.2 Å². The molecular weight excluding hydrogens is 418 g/mol. The Morgan fingerprint density at radius 3 is 2.32 bits per heavy atom. The topological polar surface area (TPSA) is 40.6 Å². The van der Waals surface area contributed by atoms with Crippen molar-refractivity contribution < 1.29 is 14.2 Å². The van der Waals surface area contributed by atoms with Crippen LogP contribution in [0.1, 0.15) is 0 Å². The summed E-state index contributed by atoms with van der Waals surface area (Å²) < 4.78 is 18.2. The molecule has 4 rings (SSSR count). The third-order valence-electron chi connectivity index (χ3n) is 4.37. The monoisotopic (exact) mass is 435 g/mol. The second-order valence-corrected chi connectivity index (χ2v) is 7.07. The first-order valence-electron chi connectivity index (χ1n) is 8.73. The Morgan fingerprint density at radius 2 is 1.57 bits per heavy atom. The van der Waals surface area contributed by atoms with Crippen molar-refractivity contribution in [3.63, 3.8) is 0 Å². The van der Waals surface area contributed by atoms with Crippen molar-refractivity contribution >= 4 is 26.8 Å². The summed E-state index contributed by atoms with van der Waals surface area (Å²) in [6.45, 7) is 0. The number of hydrogen-bond donors (Lipinski definition) is 0. The predicted molar refractivity (Wildman–Crippen MR) is 114 cm³/mol. The maximum atomic E-state index is 6.21. The smallest absolute Gasteiger partial charge is 0.154 e. The van der Waals surface area contributed by atoms with Crippen molar-refractivity contribution in [1.82, 2.24) is 4.98 Å². The molecular formula is C23H18BrNO3. The summed E-state index contributed by atoms with van der Waals surface area (Å²) in [4.78, 5) is 4.89. The minimum atomic E-state index is 0.642. The van der Waals surface area contributed by atoms with Crippen LogP contribution in [0.4, 0.5) is 0 Å². The molecule has 0 unspecified atom stereocenters. The number of hydrogen-bond acceptors (Lipinski definition) is 4. The van der Waals surface area contributed by atoms with E-state index in [9.17, 15) is 0 Å². The van der Waals surface area contributed by atoms with Gasteiger partial charge in [0, 0.05) is 15.4 Å². The zero-order valence-corrected chi connectivity index (χ0v) is 17.1. The van der Waals surface area contributed by atoms with E-state index in [-0.39, 0.29) is 0 Å². The van der Waals surface area contributed by atoms with Crippen LogP contribution in [0.2, 0.25) is 0 Å². The summed E-state index contributed by atoms with van der Waals surface area (Å²) in [5.74, 6) is 2.80. The molecule has 0 atom stereocenters. The molecule has 28 heavy (non-hydrogen) atoms. The molecule has 1 aromatic heterocycles. The van der Waals surface area contributed by atoms with Gasteiger partial charge in [0.1, 0.15) is 22.9 Å². The van der Waals surface area contributed by atoms with E-state index in [1.807, 2.05) is 72.8 Å². The van der Waals surface area contributed by atoms with Crippen LogP contribution in [-0.4, -0.2) is 19.2 Å². The molecule has 5 heteroatoms. The quantitative estimate of drug-likeness (QED) is 0.359. The lowest BCUT2D eigenvalue weighted by Crippen LogP contribution is -1.96. The summed E-state index contributed by atoms with van der Waals surface area (Å²) in [5.41, 5.74) is 2.36. The number of aromatic nitrogens is 1. The Balaban J connectivity index is 1.95.